The Hall–Kier alpha value is -1.64. The molecule has 1 N–H and O–H groups in total. The van der Waals surface area contributed by atoms with Gasteiger partial charge in [0.1, 0.15) is 0 Å². The zero-order valence-corrected chi connectivity index (χ0v) is 9.59. The minimum Gasteiger partial charge on any atom is -0.274 e. The van der Waals surface area contributed by atoms with Crippen molar-refractivity contribution in [1.29, 1.82) is 0 Å². The maximum atomic E-state index is 10.6. The molecule has 0 saturated heterocycles. The molecule has 0 atom stereocenters. The highest BCUT2D eigenvalue weighted by Gasteiger charge is 2.00. The monoisotopic (exact) mass is 204 g/mol. The summed E-state index contributed by atoms with van der Waals surface area (Å²) in [7, 11) is 0. The van der Waals surface area contributed by atoms with E-state index in [0.29, 0.717) is 0 Å². The molecule has 15 heavy (non-hydrogen) atoms. The van der Waals surface area contributed by atoms with E-state index in [-0.39, 0.29) is 5.91 Å². The number of nitrogens with zero attached hydrogens (tertiary/aromatic N) is 1. The maximum Gasteiger partial charge on any atom is 0.236 e. The molecule has 1 rings (SSSR count). The van der Waals surface area contributed by atoms with Crippen molar-refractivity contribution in [2.75, 3.05) is 0 Å². The standard InChI is InChI=1S/C12H16N2O/c1-8-5-9(2)12(10(3)6-8)7-13-14-11(4)15/h5-7H,1-4H3,(H,14,15)/b13-7+. The van der Waals surface area contributed by atoms with Crippen molar-refractivity contribution >= 4 is 12.1 Å². The minimum absolute atomic E-state index is 0.159. The molecule has 0 aromatic heterocycles. The third-order valence-corrected chi connectivity index (χ3v) is 2.15. The topological polar surface area (TPSA) is 41.5 Å². The van der Waals surface area contributed by atoms with Crippen LogP contribution in [0.1, 0.15) is 29.2 Å². The SMILES string of the molecule is CC(=O)N/N=C/c1c(C)cc(C)cc1C. The zero-order valence-electron chi connectivity index (χ0n) is 9.59. The first-order chi connectivity index (χ1) is 7.00. The fraction of sp³-hybridized carbons (Fsp3) is 0.333. The Labute approximate surface area is 90.2 Å². The van der Waals surface area contributed by atoms with Crippen LogP contribution in [0.4, 0.5) is 0 Å². The van der Waals surface area contributed by atoms with Gasteiger partial charge in [-0.05, 0) is 31.9 Å². The lowest BCUT2D eigenvalue weighted by Crippen LogP contribution is -2.12. The average Bonchev–Trinajstić information content (AvgIpc) is 2.08. The van der Waals surface area contributed by atoms with Crippen molar-refractivity contribution in [3.05, 3.63) is 34.4 Å². The second-order valence-electron chi connectivity index (χ2n) is 3.74. The van der Waals surface area contributed by atoms with E-state index in [1.54, 1.807) is 6.21 Å². The van der Waals surface area contributed by atoms with E-state index in [1.807, 2.05) is 13.8 Å². The van der Waals surface area contributed by atoms with Gasteiger partial charge < -0.3 is 0 Å². The molecule has 0 aliphatic rings. The van der Waals surface area contributed by atoms with E-state index in [2.05, 4.69) is 29.6 Å². The van der Waals surface area contributed by atoms with Gasteiger partial charge in [-0.2, -0.15) is 5.10 Å². The van der Waals surface area contributed by atoms with E-state index >= 15 is 0 Å². The molecular formula is C12H16N2O. The van der Waals surface area contributed by atoms with E-state index in [0.717, 1.165) is 5.56 Å². The summed E-state index contributed by atoms with van der Waals surface area (Å²) in [5.74, 6) is -0.159. The van der Waals surface area contributed by atoms with Gasteiger partial charge in [0.05, 0.1) is 6.21 Å². The van der Waals surface area contributed by atoms with E-state index in [9.17, 15) is 4.79 Å². The van der Waals surface area contributed by atoms with Gasteiger partial charge in [-0.1, -0.05) is 17.7 Å². The third-order valence-electron chi connectivity index (χ3n) is 2.15. The zero-order chi connectivity index (χ0) is 11.4. The van der Waals surface area contributed by atoms with Crippen molar-refractivity contribution in [3.8, 4) is 0 Å². The van der Waals surface area contributed by atoms with Gasteiger partial charge in [-0.3, -0.25) is 4.79 Å². The van der Waals surface area contributed by atoms with Gasteiger partial charge in [-0.25, -0.2) is 5.43 Å². The predicted octanol–water partition coefficient (Wildman–Crippen LogP) is 2.08. The number of hydrazone groups is 1. The van der Waals surface area contributed by atoms with Crippen molar-refractivity contribution in [2.45, 2.75) is 27.7 Å². The molecule has 80 valence electrons. The van der Waals surface area contributed by atoms with Crippen molar-refractivity contribution in [2.24, 2.45) is 5.10 Å². The molecule has 0 unspecified atom stereocenters. The molecule has 0 spiro atoms. The number of carbonyl (C=O) groups excluding carboxylic acids is 1. The molecule has 0 aliphatic heterocycles. The van der Waals surface area contributed by atoms with Crippen LogP contribution in [0, 0.1) is 20.8 Å². The number of hydrogen-bond donors (Lipinski definition) is 1. The quantitative estimate of drug-likeness (QED) is 0.581. The molecule has 0 fully saturated rings. The summed E-state index contributed by atoms with van der Waals surface area (Å²) >= 11 is 0. The Kier molecular flexibility index (Phi) is 3.61. The Morgan fingerprint density at radius 1 is 1.27 bits per heavy atom. The smallest absolute Gasteiger partial charge is 0.236 e. The lowest BCUT2D eigenvalue weighted by atomic mass is 10.0. The van der Waals surface area contributed by atoms with E-state index in [1.165, 1.54) is 23.6 Å². The van der Waals surface area contributed by atoms with Crippen LogP contribution in [0.5, 0.6) is 0 Å². The number of benzene rings is 1. The minimum atomic E-state index is -0.159. The van der Waals surface area contributed by atoms with Crippen molar-refractivity contribution in [3.63, 3.8) is 0 Å². The van der Waals surface area contributed by atoms with Crippen LogP contribution in [-0.4, -0.2) is 12.1 Å². The van der Waals surface area contributed by atoms with Gasteiger partial charge in [-0.15, -0.1) is 0 Å². The van der Waals surface area contributed by atoms with E-state index < -0.39 is 0 Å². The Bertz CT molecular complexity index is 385. The second kappa shape index (κ2) is 4.73. The molecule has 0 saturated carbocycles. The highest BCUT2D eigenvalue weighted by Crippen LogP contribution is 2.13. The molecule has 0 bridgehead atoms. The normalized spacial score (nSPS) is 10.7. The summed E-state index contributed by atoms with van der Waals surface area (Å²) in [4.78, 5) is 10.6. The summed E-state index contributed by atoms with van der Waals surface area (Å²) in [5, 5.41) is 3.87. The summed E-state index contributed by atoms with van der Waals surface area (Å²) in [5.41, 5.74) is 7.03. The van der Waals surface area contributed by atoms with Gasteiger partial charge in [0.15, 0.2) is 0 Å². The van der Waals surface area contributed by atoms with Crippen LogP contribution in [0.2, 0.25) is 0 Å². The largest absolute Gasteiger partial charge is 0.274 e. The van der Waals surface area contributed by atoms with Gasteiger partial charge in [0.25, 0.3) is 0 Å². The molecule has 1 aromatic carbocycles. The van der Waals surface area contributed by atoms with Crippen molar-refractivity contribution < 1.29 is 4.79 Å². The average molecular weight is 204 g/mol. The van der Waals surface area contributed by atoms with Crippen LogP contribution < -0.4 is 5.43 Å². The Morgan fingerprint density at radius 3 is 2.27 bits per heavy atom. The lowest BCUT2D eigenvalue weighted by Gasteiger charge is -2.06. The Morgan fingerprint density at radius 2 is 1.80 bits per heavy atom. The highest BCUT2D eigenvalue weighted by atomic mass is 16.2. The van der Waals surface area contributed by atoms with Crippen LogP contribution in [0.25, 0.3) is 0 Å². The molecular weight excluding hydrogens is 188 g/mol. The van der Waals surface area contributed by atoms with Crippen LogP contribution in [-0.2, 0) is 4.79 Å². The number of amides is 1. The van der Waals surface area contributed by atoms with E-state index in [4.69, 9.17) is 0 Å². The summed E-state index contributed by atoms with van der Waals surface area (Å²) in [6, 6.07) is 4.20. The number of carbonyl (C=O) groups is 1. The Balaban J connectivity index is 2.94. The van der Waals surface area contributed by atoms with Gasteiger partial charge >= 0.3 is 0 Å². The number of nitrogens with one attached hydrogen (secondary N) is 1. The molecule has 3 nitrogen and oxygen atoms in total. The lowest BCUT2D eigenvalue weighted by molar-refractivity contribution is -0.118. The second-order valence-corrected chi connectivity index (χ2v) is 3.74. The molecule has 0 aliphatic carbocycles. The maximum absolute atomic E-state index is 10.6. The number of rotatable bonds is 2. The van der Waals surface area contributed by atoms with Crippen molar-refractivity contribution in [1.82, 2.24) is 5.43 Å². The summed E-state index contributed by atoms with van der Waals surface area (Å²) in [6.07, 6.45) is 1.69. The predicted molar refractivity (Wildman–Crippen MR) is 62.1 cm³/mol. The van der Waals surface area contributed by atoms with Gasteiger partial charge in [0.2, 0.25) is 5.91 Å². The fourth-order valence-corrected chi connectivity index (χ4v) is 1.58. The first-order valence-electron chi connectivity index (χ1n) is 4.88. The molecule has 1 aromatic rings. The van der Waals surface area contributed by atoms with Crippen LogP contribution in [0.3, 0.4) is 0 Å². The molecule has 0 radical (unpaired) electrons. The summed E-state index contributed by atoms with van der Waals surface area (Å²) < 4.78 is 0. The van der Waals surface area contributed by atoms with Crippen LogP contribution in [0.15, 0.2) is 17.2 Å². The molecule has 1 amide bonds. The first kappa shape index (κ1) is 11.4. The molecule has 3 heteroatoms. The fourth-order valence-electron chi connectivity index (χ4n) is 1.58. The number of aryl methyl sites for hydroxylation is 3. The van der Waals surface area contributed by atoms with Gasteiger partial charge in [0, 0.05) is 12.5 Å². The number of hydrogen-bond acceptors (Lipinski definition) is 2. The van der Waals surface area contributed by atoms with Crippen LogP contribution >= 0.6 is 0 Å². The first-order valence-corrected chi connectivity index (χ1v) is 4.88. The third kappa shape index (κ3) is 3.20. The highest BCUT2D eigenvalue weighted by molar-refractivity contribution is 5.85. The molecule has 0 heterocycles. The summed E-state index contributed by atoms with van der Waals surface area (Å²) in [6.45, 7) is 7.57.